The molecule has 0 aromatic carbocycles. The summed E-state index contributed by atoms with van der Waals surface area (Å²) in [4.78, 5) is 0. The average molecular weight is 220 g/mol. The first kappa shape index (κ1) is 12.2. The number of halogens is 3. The zero-order chi connectivity index (χ0) is 10.5. The average Bonchev–Trinajstić information content (AvgIpc) is 1.95. The largest absolute Gasteiger partial charge is 0.467 e. The van der Waals surface area contributed by atoms with Crippen molar-refractivity contribution >= 4 is 10.1 Å². The molecule has 13 heavy (non-hydrogen) atoms. The Bertz CT molecular complexity index is 280. The summed E-state index contributed by atoms with van der Waals surface area (Å²) < 4.78 is 66.5. The van der Waals surface area contributed by atoms with E-state index in [4.69, 9.17) is 4.55 Å². The summed E-state index contributed by atoms with van der Waals surface area (Å²) in [6.45, 7) is -0.539. The van der Waals surface area contributed by atoms with Gasteiger partial charge in [-0.3, -0.25) is 4.55 Å². The van der Waals surface area contributed by atoms with Crippen LogP contribution in [-0.2, 0) is 14.9 Å². The van der Waals surface area contributed by atoms with Gasteiger partial charge in [-0.2, -0.15) is 21.6 Å². The summed E-state index contributed by atoms with van der Waals surface area (Å²) in [5, 5.41) is 0. The lowest BCUT2D eigenvalue weighted by Crippen LogP contribution is -2.06. The highest BCUT2D eigenvalue weighted by molar-refractivity contribution is 7.85. The molecule has 0 aliphatic heterocycles. The van der Waals surface area contributed by atoms with E-state index in [0.717, 1.165) is 0 Å². The Morgan fingerprint density at radius 2 is 1.85 bits per heavy atom. The Kier molecular flexibility index (Phi) is 4.78. The minimum Gasteiger partial charge on any atom is -0.467 e. The van der Waals surface area contributed by atoms with Crippen LogP contribution >= 0.6 is 0 Å². The van der Waals surface area contributed by atoms with Crippen LogP contribution in [0.15, 0.2) is 12.1 Å². The molecule has 0 aliphatic carbocycles. The molecular formula is C5H7F3O4S. The monoisotopic (exact) mass is 220 g/mol. The van der Waals surface area contributed by atoms with Crippen LogP contribution in [0, 0.1) is 0 Å². The first-order valence-electron chi connectivity index (χ1n) is 3.11. The van der Waals surface area contributed by atoms with Gasteiger partial charge in [0.1, 0.15) is 0 Å². The molecule has 8 heteroatoms. The van der Waals surface area contributed by atoms with Gasteiger partial charge in [0, 0.05) is 0 Å². The molecule has 0 unspecified atom stereocenters. The predicted molar refractivity (Wildman–Crippen MR) is 37.3 cm³/mol. The minimum atomic E-state index is -4.15. The van der Waals surface area contributed by atoms with Crippen molar-refractivity contribution in [2.24, 2.45) is 0 Å². The number of ether oxygens (including phenoxy) is 1. The highest BCUT2D eigenvalue weighted by atomic mass is 32.2. The molecule has 0 fully saturated rings. The van der Waals surface area contributed by atoms with Crippen LogP contribution in [0.25, 0.3) is 0 Å². The van der Waals surface area contributed by atoms with Gasteiger partial charge in [-0.05, 0) is 6.42 Å². The highest BCUT2D eigenvalue weighted by Crippen LogP contribution is 2.10. The molecule has 0 aromatic heterocycles. The van der Waals surface area contributed by atoms with Crippen LogP contribution in [-0.4, -0.2) is 25.3 Å². The molecule has 0 aromatic rings. The van der Waals surface area contributed by atoms with E-state index in [1.165, 1.54) is 0 Å². The molecule has 0 rings (SSSR count). The lowest BCUT2D eigenvalue weighted by Gasteiger charge is -2.00. The van der Waals surface area contributed by atoms with Gasteiger partial charge in [-0.25, -0.2) is 0 Å². The van der Waals surface area contributed by atoms with Gasteiger partial charge >= 0.3 is 12.1 Å². The number of rotatable bonds is 5. The zero-order valence-electron chi connectivity index (χ0n) is 6.34. The van der Waals surface area contributed by atoms with Crippen LogP contribution in [0.4, 0.5) is 13.2 Å². The normalized spacial score (nSPS) is 11.1. The second-order valence-electron chi connectivity index (χ2n) is 2.02. The highest BCUT2D eigenvalue weighted by Gasteiger charge is 2.07. The van der Waals surface area contributed by atoms with Crippen molar-refractivity contribution in [2.75, 3.05) is 12.4 Å². The summed E-state index contributed by atoms with van der Waals surface area (Å²) >= 11 is 0. The fourth-order valence-corrected chi connectivity index (χ4v) is 0.940. The van der Waals surface area contributed by atoms with Crippen LogP contribution in [0.2, 0.25) is 0 Å². The van der Waals surface area contributed by atoms with Gasteiger partial charge in [0.05, 0.1) is 12.4 Å². The SMILES string of the molecule is O=S(=O)(O)CCCOC(F)=C(F)F. The second-order valence-corrected chi connectivity index (χ2v) is 3.59. The Labute approximate surface area is 72.7 Å². The molecule has 4 nitrogen and oxygen atoms in total. The molecular weight excluding hydrogens is 213 g/mol. The fraction of sp³-hybridized carbons (Fsp3) is 0.600. The van der Waals surface area contributed by atoms with Crippen LogP contribution in [0.3, 0.4) is 0 Å². The Morgan fingerprint density at radius 3 is 2.23 bits per heavy atom. The first-order valence-corrected chi connectivity index (χ1v) is 4.72. The Balaban J connectivity index is 3.66. The van der Waals surface area contributed by atoms with Crippen molar-refractivity contribution in [2.45, 2.75) is 6.42 Å². The van der Waals surface area contributed by atoms with E-state index >= 15 is 0 Å². The number of hydrogen-bond donors (Lipinski definition) is 1. The van der Waals surface area contributed by atoms with Gasteiger partial charge in [-0.15, -0.1) is 0 Å². The van der Waals surface area contributed by atoms with Crippen molar-refractivity contribution < 1.29 is 30.9 Å². The van der Waals surface area contributed by atoms with E-state index in [9.17, 15) is 21.6 Å². The van der Waals surface area contributed by atoms with Gasteiger partial charge < -0.3 is 4.74 Å². The van der Waals surface area contributed by atoms with E-state index in [0.29, 0.717) is 0 Å². The quantitative estimate of drug-likeness (QED) is 0.431. The van der Waals surface area contributed by atoms with E-state index in [-0.39, 0.29) is 6.42 Å². The summed E-state index contributed by atoms with van der Waals surface area (Å²) in [5.41, 5.74) is 0. The number of hydrogen-bond acceptors (Lipinski definition) is 3. The van der Waals surface area contributed by atoms with Gasteiger partial charge in [0.2, 0.25) is 0 Å². The minimum absolute atomic E-state index is 0.264. The summed E-state index contributed by atoms with van der Waals surface area (Å²) in [6, 6.07) is -2.03. The van der Waals surface area contributed by atoms with Crippen molar-refractivity contribution in [1.82, 2.24) is 0 Å². The third-order valence-corrected chi connectivity index (χ3v) is 1.73. The molecule has 78 valence electrons. The molecule has 0 radical (unpaired) electrons. The zero-order valence-corrected chi connectivity index (χ0v) is 7.15. The van der Waals surface area contributed by atoms with Crippen molar-refractivity contribution in [3.63, 3.8) is 0 Å². The maximum Gasteiger partial charge on any atom is 0.342 e. The lowest BCUT2D eigenvalue weighted by atomic mass is 10.5. The van der Waals surface area contributed by atoms with Gasteiger partial charge in [0.25, 0.3) is 10.1 Å². The summed E-state index contributed by atoms with van der Waals surface area (Å²) in [6.07, 6.45) is -2.87. The van der Waals surface area contributed by atoms with Crippen LogP contribution in [0.5, 0.6) is 0 Å². The summed E-state index contributed by atoms with van der Waals surface area (Å²) in [7, 11) is -4.15. The van der Waals surface area contributed by atoms with E-state index in [1.807, 2.05) is 0 Å². The van der Waals surface area contributed by atoms with Gasteiger partial charge in [-0.1, -0.05) is 0 Å². The van der Waals surface area contributed by atoms with Crippen molar-refractivity contribution in [3.8, 4) is 0 Å². The standard InChI is InChI=1S/C5H7F3O4S/c6-4(7)5(8)12-2-1-3-13(9,10)11/h1-3H2,(H,9,10,11). The van der Waals surface area contributed by atoms with Crippen molar-refractivity contribution in [3.05, 3.63) is 12.1 Å². The smallest absolute Gasteiger partial charge is 0.342 e. The second kappa shape index (κ2) is 5.07. The first-order chi connectivity index (χ1) is 5.83. The van der Waals surface area contributed by atoms with Crippen LogP contribution in [0.1, 0.15) is 6.42 Å². The molecule has 0 saturated heterocycles. The molecule has 0 aliphatic rings. The van der Waals surface area contributed by atoms with E-state index in [2.05, 4.69) is 4.74 Å². The van der Waals surface area contributed by atoms with E-state index in [1.54, 1.807) is 0 Å². The van der Waals surface area contributed by atoms with Crippen LogP contribution < -0.4 is 0 Å². The molecule has 0 spiro atoms. The molecule has 0 bridgehead atoms. The third-order valence-electron chi connectivity index (χ3n) is 0.924. The maximum atomic E-state index is 11.8. The third kappa shape index (κ3) is 7.60. The molecule has 0 atom stereocenters. The molecule has 0 amide bonds. The maximum absolute atomic E-state index is 11.8. The molecule has 0 heterocycles. The topological polar surface area (TPSA) is 63.6 Å². The van der Waals surface area contributed by atoms with Gasteiger partial charge in [0.15, 0.2) is 0 Å². The van der Waals surface area contributed by atoms with Crippen molar-refractivity contribution in [1.29, 1.82) is 0 Å². The summed E-state index contributed by atoms with van der Waals surface area (Å²) in [5.74, 6) is -0.659. The molecule has 1 N–H and O–H groups in total. The lowest BCUT2D eigenvalue weighted by molar-refractivity contribution is 0.120. The fourth-order valence-electron chi connectivity index (χ4n) is 0.458. The molecule has 0 saturated carbocycles. The Hall–Kier alpha value is -0.760. The van der Waals surface area contributed by atoms with E-state index < -0.39 is 34.6 Å². The predicted octanol–water partition coefficient (Wildman–Crippen LogP) is 1.32. The Morgan fingerprint density at radius 1 is 1.31 bits per heavy atom.